The van der Waals surface area contributed by atoms with Gasteiger partial charge in [-0.3, -0.25) is 4.79 Å². The molecule has 4 heteroatoms. The first kappa shape index (κ1) is 15.9. The van der Waals surface area contributed by atoms with Gasteiger partial charge in [-0.25, -0.2) is 0 Å². The van der Waals surface area contributed by atoms with Crippen LogP contribution < -0.4 is 10.1 Å². The summed E-state index contributed by atoms with van der Waals surface area (Å²) in [6, 6.07) is 8.02. The van der Waals surface area contributed by atoms with Crippen molar-refractivity contribution < 1.29 is 14.3 Å². The molecule has 1 N–H and O–H groups in total. The average molecular weight is 329 g/mol. The lowest BCUT2D eigenvalue weighted by Crippen LogP contribution is -2.25. The van der Waals surface area contributed by atoms with E-state index in [-0.39, 0.29) is 17.9 Å². The van der Waals surface area contributed by atoms with Crippen molar-refractivity contribution in [3.05, 3.63) is 29.8 Å². The predicted molar refractivity (Wildman–Crippen MR) is 91.7 cm³/mol. The molecule has 0 bridgehead atoms. The highest BCUT2D eigenvalue weighted by Crippen LogP contribution is 2.55. The zero-order valence-electron chi connectivity index (χ0n) is 14.2. The second kappa shape index (κ2) is 7.14. The average Bonchev–Trinajstić information content (AvgIpc) is 3.11. The summed E-state index contributed by atoms with van der Waals surface area (Å²) in [7, 11) is 0. The topological polar surface area (TPSA) is 47.6 Å². The molecule has 3 atom stereocenters. The van der Waals surface area contributed by atoms with Crippen LogP contribution in [0.3, 0.4) is 0 Å². The fraction of sp³-hybridized carbons (Fsp3) is 0.650. The second-order valence-electron chi connectivity index (χ2n) is 7.45. The van der Waals surface area contributed by atoms with Gasteiger partial charge in [-0.05, 0) is 55.2 Å². The van der Waals surface area contributed by atoms with Crippen molar-refractivity contribution >= 4 is 5.91 Å². The monoisotopic (exact) mass is 329 g/mol. The lowest BCUT2D eigenvalue weighted by atomic mass is 10.0. The minimum Gasteiger partial charge on any atom is -0.491 e. The summed E-state index contributed by atoms with van der Waals surface area (Å²) in [6.45, 7) is 2.05. The molecule has 4 rings (SSSR count). The van der Waals surface area contributed by atoms with E-state index < -0.39 is 0 Å². The Bertz CT molecular complexity index is 570. The third-order valence-corrected chi connectivity index (χ3v) is 5.78. The first-order chi connectivity index (χ1) is 11.8. The Hall–Kier alpha value is -1.55. The molecule has 24 heavy (non-hydrogen) atoms. The number of ether oxygens (including phenoxy) is 2. The Morgan fingerprint density at radius 3 is 2.75 bits per heavy atom. The van der Waals surface area contributed by atoms with Gasteiger partial charge in [0.15, 0.2) is 0 Å². The Labute approximate surface area is 143 Å². The molecular formula is C20H27NO3. The third kappa shape index (κ3) is 3.59. The van der Waals surface area contributed by atoms with Crippen LogP contribution in [0.1, 0.15) is 44.1 Å². The van der Waals surface area contributed by atoms with Gasteiger partial charge in [0.1, 0.15) is 12.4 Å². The van der Waals surface area contributed by atoms with Crippen LogP contribution in [0, 0.1) is 17.8 Å². The maximum atomic E-state index is 12.4. The van der Waals surface area contributed by atoms with Crippen LogP contribution >= 0.6 is 0 Å². The Morgan fingerprint density at radius 2 is 2.00 bits per heavy atom. The fourth-order valence-electron chi connectivity index (χ4n) is 4.40. The molecule has 1 heterocycles. The van der Waals surface area contributed by atoms with Gasteiger partial charge >= 0.3 is 0 Å². The standard InChI is InChI=1S/C20H27NO3/c22-20(19-17-8-1-2-9-18(17)19)21-12-14-5-3-6-15(11-14)24-13-16-7-4-10-23-16/h3,5-6,11,16-19H,1-2,4,7-10,12-13H2,(H,21,22). The number of nitrogens with one attached hydrogen (secondary N) is 1. The van der Waals surface area contributed by atoms with Gasteiger partial charge in [0.25, 0.3) is 0 Å². The van der Waals surface area contributed by atoms with Gasteiger partial charge in [0, 0.05) is 19.1 Å². The normalized spacial score (nSPS) is 31.3. The highest BCUT2D eigenvalue weighted by atomic mass is 16.5. The first-order valence-corrected chi connectivity index (χ1v) is 9.42. The number of carbonyl (C=O) groups excluding carboxylic acids is 1. The second-order valence-corrected chi connectivity index (χ2v) is 7.45. The van der Waals surface area contributed by atoms with Crippen molar-refractivity contribution in [2.24, 2.45) is 17.8 Å². The number of benzene rings is 1. The highest BCUT2D eigenvalue weighted by molar-refractivity contribution is 5.82. The van der Waals surface area contributed by atoms with Gasteiger partial charge in [-0.15, -0.1) is 0 Å². The summed E-state index contributed by atoms with van der Waals surface area (Å²) < 4.78 is 11.4. The fourth-order valence-corrected chi connectivity index (χ4v) is 4.40. The Kier molecular flexibility index (Phi) is 4.74. The molecule has 1 aromatic carbocycles. The van der Waals surface area contributed by atoms with Crippen LogP contribution in [0.5, 0.6) is 5.75 Å². The predicted octanol–water partition coefficient (Wildman–Crippen LogP) is 3.30. The first-order valence-electron chi connectivity index (χ1n) is 9.42. The molecule has 0 radical (unpaired) electrons. The van der Waals surface area contributed by atoms with Crippen molar-refractivity contribution in [1.82, 2.24) is 5.32 Å². The zero-order valence-corrected chi connectivity index (χ0v) is 14.2. The van der Waals surface area contributed by atoms with Gasteiger partial charge < -0.3 is 14.8 Å². The van der Waals surface area contributed by atoms with E-state index in [1.807, 2.05) is 24.3 Å². The molecule has 1 aromatic rings. The molecule has 3 unspecified atom stereocenters. The van der Waals surface area contributed by atoms with E-state index in [2.05, 4.69) is 5.32 Å². The molecule has 1 aliphatic heterocycles. The Balaban J connectivity index is 1.25. The molecule has 3 aliphatic rings. The summed E-state index contributed by atoms with van der Waals surface area (Å²) in [6.07, 6.45) is 7.53. The van der Waals surface area contributed by atoms with Crippen LogP contribution in [0.15, 0.2) is 24.3 Å². The largest absolute Gasteiger partial charge is 0.491 e. The number of hydrogen-bond acceptors (Lipinski definition) is 3. The molecule has 130 valence electrons. The van der Waals surface area contributed by atoms with Gasteiger partial charge in [-0.2, -0.15) is 0 Å². The number of fused-ring (bicyclic) bond motifs is 1. The van der Waals surface area contributed by atoms with E-state index in [1.165, 1.54) is 25.7 Å². The summed E-state index contributed by atoms with van der Waals surface area (Å²) in [4.78, 5) is 12.4. The van der Waals surface area contributed by atoms with Crippen LogP contribution in [-0.4, -0.2) is 25.2 Å². The highest BCUT2D eigenvalue weighted by Gasteiger charge is 2.54. The van der Waals surface area contributed by atoms with Crippen LogP contribution in [0.2, 0.25) is 0 Å². The molecule has 2 saturated carbocycles. The van der Waals surface area contributed by atoms with Crippen molar-refractivity contribution in [1.29, 1.82) is 0 Å². The molecular weight excluding hydrogens is 302 g/mol. The minimum atomic E-state index is 0.228. The molecule has 1 amide bonds. The van der Waals surface area contributed by atoms with E-state index in [1.54, 1.807) is 0 Å². The summed E-state index contributed by atoms with van der Waals surface area (Å²) in [5, 5.41) is 3.12. The minimum absolute atomic E-state index is 0.228. The van der Waals surface area contributed by atoms with Gasteiger partial charge in [0.05, 0.1) is 6.10 Å². The maximum absolute atomic E-state index is 12.4. The van der Waals surface area contributed by atoms with E-state index in [0.717, 1.165) is 30.8 Å². The summed E-state index contributed by atoms with van der Waals surface area (Å²) in [5.41, 5.74) is 1.09. The van der Waals surface area contributed by atoms with Gasteiger partial charge in [-0.1, -0.05) is 25.0 Å². The van der Waals surface area contributed by atoms with E-state index >= 15 is 0 Å². The maximum Gasteiger partial charge on any atom is 0.223 e. The molecule has 0 aromatic heterocycles. The van der Waals surface area contributed by atoms with Crippen molar-refractivity contribution in [3.63, 3.8) is 0 Å². The number of amides is 1. The summed E-state index contributed by atoms with van der Waals surface area (Å²) in [5.74, 6) is 2.72. The number of hydrogen-bond donors (Lipinski definition) is 1. The van der Waals surface area contributed by atoms with Crippen molar-refractivity contribution in [2.75, 3.05) is 13.2 Å². The van der Waals surface area contributed by atoms with Crippen LogP contribution in [0.25, 0.3) is 0 Å². The van der Waals surface area contributed by atoms with Gasteiger partial charge in [0.2, 0.25) is 5.91 Å². The molecule has 3 fully saturated rings. The Morgan fingerprint density at radius 1 is 1.17 bits per heavy atom. The molecule has 0 spiro atoms. The van der Waals surface area contributed by atoms with Crippen molar-refractivity contribution in [2.45, 2.75) is 51.2 Å². The zero-order chi connectivity index (χ0) is 16.4. The molecule has 4 nitrogen and oxygen atoms in total. The SMILES string of the molecule is O=C(NCc1cccc(OCC2CCCO2)c1)C1C2CCCCC21. The smallest absolute Gasteiger partial charge is 0.223 e. The third-order valence-electron chi connectivity index (χ3n) is 5.78. The molecule has 1 saturated heterocycles. The lowest BCUT2D eigenvalue weighted by Gasteiger charge is -2.12. The van der Waals surface area contributed by atoms with E-state index in [4.69, 9.17) is 9.47 Å². The number of carbonyl (C=O) groups is 1. The van der Waals surface area contributed by atoms with Crippen LogP contribution in [-0.2, 0) is 16.1 Å². The van der Waals surface area contributed by atoms with Crippen LogP contribution in [0.4, 0.5) is 0 Å². The summed E-state index contributed by atoms with van der Waals surface area (Å²) >= 11 is 0. The van der Waals surface area contributed by atoms with Crippen molar-refractivity contribution in [3.8, 4) is 5.75 Å². The van der Waals surface area contributed by atoms with E-state index in [0.29, 0.717) is 25.0 Å². The number of rotatable bonds is 6. The quantitative estimate of drug-likeness (QED) is 0.871. The lowest BCUT2D eigenvalue weighted by molar-refractivity contribution is -0.123. The van der Waals surface area contributed by atoms with E-state index in [9.17, 15) is 4.79 Å². The molecule has 2 aliphatic carbocycles.